The molecule has 2 N–H and O–H groups in total. The van der Waals surface area contributed by atoms with E-state index in [1.165, 1.54) is 0 Å². The zero-order chi connectivity index (χ0) is 14.7. The van der Waals surface area contributed by atoms with Crippen molar-refractivity contribution in [2.45, 2.75) is 6.92 Å². The molecular weight excluding hydrogens is 270 g/mol. The lowest BCUT2D eigenvalue weighted by molar-refractivity contribution is 0.0937. The first-order valence-corrected chi connectivity index (χ1v) is 7.14. The van der Waals surface area contributed by atoms with Gasteiger partial charge in [-0.05, 0) is 13.0 Å². The highest BCUT2D eigenvalue weighted by atomic mass is 16.2. The van der Waals surface area contributed by atoms with Gasteiger partial charge in [-0.3, -0.25) is 9.69 Å². The molecule has 0 bridgehead atoms. The Hall–Kier alpha value is -2.06. The zero-order valence-corrected chi connectivity index (χ0v) is 12.0. The van der Waals surface area contributed by atoms with Crippen LogP contribution in [0.5, 0.6) is 0 Å². The van der Waals surface area contributed by atoms with E-state index in [2.05, 4.69) is 30.6 Å². The van der Waals surface area contributed by atoms with Crippen molar-refractivity contribution in [2.24, 2.45) is 0 Å². The van der Waals surface area contributed by atoms with Crippen LogP contribution in [-0.2, 0) is 0 Å². The van der Waals surface area contributed by atoms with Gasteiger partial charge < -0.3 is 10.6 Å². The Bertz CT molecular complexity index is 632. The predicted octanol–water partition coefficient (Wildman–Crippen LogP) is -0.932. The summed E-state index contributed by atoms with van der Waals surface area (Å²) in [6.07, 6.45) is 1.66. The van der Waals surface area contributed by atoms with Crippen molar-refractivity contribution in [3.8, 4) is 0 Å². The van der Waals surface area contributed by atoms with E-state index in [1.807, 2.05) is 13.0 Å². The standard InChI is InChI=1S/C13H19N7O/c1-10-2-3-16-13-17-11(18-20(10)13)12(21)15-6-9-19-7-4-14-5-8-19/h2-3,14H,4-9H2,1H3,(H,15,21). The highest BCUT2D eigenvalue weighted by Gasteiger charge is 2.15. The van der Waals surface area contributed by atoms with E-state index in [-0.39, 0.29) is 11.7 Å². The van der Waals surface area contributed by atoms with Crippen molar-refractivity contribution < 1.29 is 4.79 Å². The fourth-order valence-corrected chi connectivity index (χ4v) is 2.34. The predicted molar refractivity (Wildman–Crippen MR) is 77.2 cm³/mol. The molecule has 0 spiro atoms. The summed E-state index contributed by atoms with van der Waals surface area (Å²) >= 11 is 0. The molecule has 112 valence electrons. The molecule has 2 aromatic heterocycles. The minimum absolute atomic E-state index is 0.164. The van der Waals surface area contributed by atoms with Crippen LogP contribution in [0, 0.1) is 6.92 Å². The second-order valence-electron chi connectivity index (χ2n) is 5.08. The number of aryl methyl sites for hydroxylation is 1. The third-order valence-corrected chi connectivity index (χ3v) is 3.56. The smallest absolute Gasteiger partial charge is 0.291 e. The lowest BCUT2D eigenvalue weighted by atomic mass is 10.3. The largest absolute Gasteiger partial charge is 0.348 e. The van der Waals surface area contributed by atoms with Crippen LogP contribution >= 0.6 is 0 Å². The van der Waals surface area contributed by atoms with Crippen LogP contribution in [0.15, 0.2) is 12.3 Å². The summed E-state index contributed by atoms with van der Waals surface area (Å²) in [4.78, 5) is 22.6. The molecule has 3 rings (SSSR count). The van der Waals surface area contributed by atoms with Gasteiger partial charge in [-0.15, -0.1) is 5.10 Å². The van der Waals surface area contributed by atoms with Gasteiger partial charge in [0, 0.05) is 51.2 Å². The van der Waals surface area contributed by atoms with Gasteiger partial charge in [-0.2, -0.15) is 4.98 Å². The van der Waals surface area contributed by atoms with Gasteiger partial charge in [0.25, 0.3) is 11.7 Å². The van der Waals surface area contributed by atoms with E-state index >= 15 is 0 Å². The molecule has 0 radical (unpaired) electrons. The number of piperazine rings is 1. The molecule has 0 unspecified atom stereocenters. The first kappa shape index (κ1) is 13.9. The maximum atomic E-state index is 12.1. The maximum Gasteiger partial charge on any atom is 0.291 e. The number of amides is 1. The molecule has 1 aliphatic heterocycles. The molecule has 1 fully saturated rings. The van der Waals surface area contributed by atoms with Crippen molar-refractivity contribution in [1.82, 2.24) is 35.1 Å². The van der Waals surface area contributed by atoms with Gasteiger partial charge in [0.2, 0.25) is 5.82 Å². The first-order chi connectivity index (χ1) is 10.2. The van der Waals surface area contributed by atoms with Gasteiger partial charge in [0.1, 0.15) is 0 Å². The molecule has 0 aliphatic carbocycles. The fraction of sp³-hybridized carbons (Fsp3) is 0.538. The minimum atomic E-state index is -0.255. The molecule has 8 nitrogen and oxygen atoms in total. The Labute approximate surface area is 122 Å². The molecule has 0 saturated carbocycles. The zero-order valence-electron chi connectivity index (χ0n) is 12.0. The molecule has 3 heterocycles. The van der Waals surface area contributed by atoms with E-state index in [1.54, 1.807) is 10.7 Å². The monoisotopic (exact) mass is 289 g/mol. The van der Waals surface area contributed by atoms with Crippen LogP contribution in [0.4, 0.5) is 0 Å². The SMILES string of the molecule is Cc1ccnc2nc(C(=O)NCCN3CCNCC3)nn12. The lowest BCUT2D eigenvalue weighted by Crippen LogP contribution is -2.46. The molecule has 2 aromatic rings. The molecule has 1 aliphatic rings. The topological polar surface area (TPSA) is 87.5 Å². The molecule has 21 heavy (non-hydrogen) atoms. The summed E-state index contributed by atoms with van der Waals surface area (Å²) in [7, 11) is 0. The molecule has 1 saturated heterocycles. The normalized spacial score (nSPS) is 16.2. The van der Waals surface area contributed by atoms with Crippen LogP contribution in [0.1, 0.15) is 16.3 Å². The van der Waals surface area contributed by atoms with Gasteiger partial charge in [0.15, 0.2) is 0 Å². The highest BCUT2D eigenvalue weighted by Crippen LogP contribution is 2.01. The van der Waals surface area contributed by atoms with E-state index in [9.17, 15) is 4.79 Å². The Morgan fingerprint density at radius 2 is 2.24 bits per heavy atom. The molecule has 0 aromatic carbocycles. The number of hydrogen-bond donors (Lipinski definition) is 2. The summed E-state index contributed by atoms with van der Waals surface area (Å²) in [5.41, 5.74) is 0.896. The highest BCUT2D eigenvalue weighted by molar-refractivity contribution is 5.90. The summed E-state index contributed by atoms with van der Waals surface area (Å²) in [6.45, 7) is 7.39. The third kappa shape index (κ3) is 3.17. The fourth-order valence-electron chi connectivity index (χ4n) is 2.34. The molecular formula is C13H19N7O. The average molecular weight is 289 g/mol. The second-order valence-corrected chi connectivity index (χ2v) is 5.08. The van der Waals surface area contributed by atoms with Gasteiger partial charge in [-0.25, -0.2) is 9.50 Å². The number of fused-ring (bicyclic) bond motifs is 1. The second kappa shape index (κ2) is 6.15. The average Bonchev–Trinajstić information content (AvgIpc) is 2.94. The van der Waals surface area contributed by atoms with E-state index < -0.39 is 0 Å². The van der Waals surface area contributed by atoms with Gasteiger partial charge in [-0.1, -0.05) is 0 Å². The Morgan fingerprint density at radius 3 is 3.00 bits per heavy atom. The number of carbonyl (C=O) groups is 1. The quantitative estimate of drug-likeness (QED) is 0.756. The molecule has 0 atom stereocenters. The van der Waals surface area contributed by atoms with Crippen LogP contribution in [-0.4, -0.2) is 69.7 Å². The lowest BCUT2D eigenvalue weighted by Gasteiger charge is -2.26. The van der Waals surface area contributed by atoms with Crippen LogP contribution < -0.4 is 10.6 Å². The van der Waals surface area contributed by atoms with E-state index in [0.717, 1.165) is 38.4 Å². The number of carbonyl (C=O) groups excluding carboxylic acids is 1. The Kier molecular flexibility index (Phi) is 4.07. The summed E-state index contributed by atoms with van der Waals surface area (Å²) < 4.78 is 1.57. The Balaban J connectivity index is 1.57. The molecule has 8 heteroatoms. The van der Waals surface area contributed by atoms with E-state index in [0.29, 0.717) is 12.3 Å². The number of aromatic nitrogens is 4. The number of hydrogen-bond acceptors (Lipinski definition) is 6. The van der Waals surface area contributed by atoms with Crippen molar-refractivity contribution in [1.29, 1.82) is 0 Å². The van der Waals surface area contributed by atoms with Gasteiger partial charge >= 0.3 is 0 Å². The maximum absolute atomic E-state index is 12.1. The van der Waals surface area contributed by atoms with Crippen LogP contribution in [0.25, 0.3) is 5.78 Å². The summed E-state index contributed by atoms with van der Waals surface area (Å²) in [5, 5.41) is 10.3. The van der Waals surface area contributed by atoms with E-state index in [4.69, 9.17) is 0 Å². The third-order valence-electron chi connectivity index (χ3n) is 3.56. The van der Waals surface area contributed by atoms with Crippen LogP contribution in [0.2, 0.25) is 0 Å². The van der Waals surface area contributed by atoms with Crippen molar-refractivity contribution in [3.05, 3.63) is 23.8 Å². The van der Waals surface area contributed by atoms with Crippen molar-refractivity contribution in [2.75, 3.05) is 39.3 Å². The molecule has 1 amide bonds. The van der Waals surface area contributed by atoms with Crippen LogP contribution in [0.3, 0.4) is 0 Å². The first-order valence-electron chi connectivity index (χ1n) is 7.14. The number of nitrogens with zero attached hydrogens (tertiary/aromatic N) is 5. The number of nitrogens with one attached hydrogen (secondary N) is 2. The van der Waals surface area contributed by atoms with Gasteiger partial charge in [0.05, 0.1) is 0 Å². The summed E-state index contributed by atoms with van der Waals surface area (Å²) in [5.74, 6) is 0.356. The summed E-state index contributed by atoms with van der Waals surface area (Å²) in [6, 6.07) is 1.83. The number of rotatable bonds is 4. The van der Waals surface area contributed by atoms with Crippen molar-refractivity contribution >= 4 is 11.7 Å². The Morgan fingerprint density at radius 1 is 1.43 bits per heavy atom. The minimum Gasteiger partial charge on any atom is -0.348 e. The van der Waals surface area contributed by atoms with Crippen molar-refractivity contribution in [3.63, 3.8) is 0 Å².